The Bertz CT molecular complexity index is 1400. The molecule has 0 saturated heterocycles. The van der Waals surface area contributed by atoms with Gasteiger partial charge < -0.3 is 9.50 Å². The Hall–Kier alpha value is -3.62. The number of carbonyl (C=O) groups excluding carboxylic acids is 1. The maximum Gasteiger partial charge on any atom is 0.416 e. The fourth-order valence-electron chi connectivity index (χ4n) is 2.71. The van der Waals surface area contributed by atoms with Crippen molar-refractivity contribution in [3.05, 3.63) is 94.0 Å². The Morgan fingerprint density at radius 1 is 1.03 bits per heavy atom. The molecule has 0 saturated carbocycles. The zero-order valence-electron chi connectivity index (χ0n) is 17.0. The Kier molecular flexibility index (Phi) is 7.44. The second-order valence-corrected chi connectivity index (χ2v) is 9.14. The van der Waals surface area contributed by atoms with E-state index in [-0.39, 0.29) is 26.4 Å². The van der Waals surface area contributed by atoms with Crippen molar-refractivity contribution >= 4 is 43.7 Å². The summed E-state index contributed by atoms with van der Waals surface area (Å²) in [6.45, 7) is 0. The van der Waals surface area contributed by atoms with E-state index >= 15 is 0 Å². The van der Waals surface area contributed by atoms with E-state index in [1.54, 1.807) is 24.3 Å². The molecule has 3 aromatic carbocycles. The van der Waals surface area contributed by atoms with Crippen molar-refractivity contribution in [1.82, 2.24) is 0 Å². The highest BCUT2D eigenvalue weighted by molar-refractivity contribution is 9.10. The van der Waals surface area contributed by atoms with Crippen LogP contribution in [-0.4, -0.2) is 14.3 Å². The molecule has 3 rings (SSSR count). The van der Waals surface area contributed by atoms with Crippen LogP contribution in [0.2, 0.25) is 0 Å². The molecule has 174 valence electrons. The van der Waals surface area contributed by atoms with Crippen molar-refractivity contribution in [2.45, 2.75) is 11.1 Å². The largest absolute Gasteiger partial charge is 0.416 e. The lowest BCUT2D eigenvalue weighted by atomic mass is 10.1. The van der Waals surface area contributed by atoms with Crippen molar-refractivity contribution in [2.24, 2.45) is 0 Å². The molecule has 0 fully saturated rings. The number of halogens is 4. The summed E-state index contributed by atoms with van der Waals surface area (Å²) in [6.07, 6.45) is -3.39. The summed E-state index contributed by atoms with van der Waals surface area (Å²) >= 11 is 3.19. The van der Waals surface area contributed by atoms with Crippen molar-refractivity contribution in [3.8, 4) is 11.8 Å². The highest BCUT2D eigenvalue weighted by Crippen LogP contribution is 2.31. The summed E-state index contributed by atoms with van der Waals surface area (Å²) in [5.41, 5.74) is -1.11. The molecule has 0 aliphatic carbocycles. The molecule has 0 aliphatic rings. The van der Waals surface area contributed by atoms with E-state index in [2.05, 4.69) is 21.2 Å². The molecule has 0 aromatic heterocycles. The highest BCUT2D eigenvalue weighted by atomic mass is 79.9. The number of hydrogen-bond acceptors (Lipinski definition) is 5. The molecule has 0 atom stereocenters. The molecule has 0 bridgehead atoms. The molecule has 0 unspecified atom stereocenters. The van der Waals surface area contributed by atoms with Crippen LogP contribution in [0.15, 0.2) is 87.7 Å². The fraction of sp³-hybridized carbons (Fsp3) is 0.0435. The van der Waals surface area contributed by atoms with E-state index in [0.717, 1.165) is 18.2 Å². The molecule has 1 N–H and O–H groups in total. The van der Waals surface area contributed by atoms with Crippen LogP contribution >= 0.6 is 15.9 Å². The first-order valence-electron chi connectivity index (χ1n) is 9.39. The number of amides is 1. The minimum Gasteiger partial charge on any atom is -0.378 e. The lowest BCUT2D eigenvalue weighted by Gasteiger charge is -2.10. The zero-order valence-corrected chi connectivity index (χ0v) is 19.4. The van der Waals surface area contributed by atoms with Gasteiger partial charge in [0.05, 0.1) is 10.0 Å². The van der Waals surface area contributed by atoms with Crippen LogP contribution < -0.4 is 9.50 Å². The third-order valence-corrected chi connectivity index (χ3v) is 6.18. The van der Waals surface area contributed by atoms with Gasteiger partial charge in [-0.05, 0) is 70.0 Å². The Balaban J connectivity index is 1.80. The van der Waals surface area contributed by atoms with E-state index in [9.17, 15) is 31.6 Å². The quantitative estimate of drug-likeness (QED) is 0.238. The first-order valence-corrected chi connectivity index (χ1v) is 11.6. The van der Waals surface area contributed by atoms with Crippen LogP contribution in [0.25, 0.3) is 6.08 Å². The van der Waals surface area contributed by atoms with Crippen molar-refractivity contribution < 1.29 is 30.6 Å². The molecule has 34 heavy (non-hydrogen) atoms. The van der Waals surface area contributed by atoms with Gasteiger partial charge in [0.25, 0.3) is 5.91 Å². The van der Waals surface area contributed by atoms with E-state index in [0.29, 0.717) is 5.56 Å². The number of nitrogens with one attached hydrogen (secondary N) is 1. The van der Waals surface area contributed by atoms with Crippen LogP contribution in [0.5, 0.6) is 5.75 Å². The lowest BCUT2D eigenvalue weighted by Crippen LogP contribution is -2.14. The van der Waals surface area contributed by atoms with Crippen LogP contribution in [-0.2, 0) is 21.1 Å². The monoisotopic (exact) mass is 550 g/mol. The summed E-state index contributed by atoms with van der Waals surface area (Å²) in [6, 6.07) is 17.4. The third-order valence-electron chi connectivity index (χ3n) is 4.31. The van der Waals surface area contributed by atoms with Crippen LogP contribution in [0.3, 0.4) is 0 Å². The molecule has 0 aliphatic heterocycles. The summed E-state index contributed by atoms with van der Waals surface area (Å²) < 4.78 is 68.7. The van der Waals surface area contributed by atoms with Crippen LogP contribution in [0.4, 0.5) is 18.9 Å². The number of anilines is 1. The number of nitriles is 1. The summed E-state index contributed by atoms with van der Waals surface area (Å²) in [4.78, 5) is 12.4. The third kappa shape index (κ3) is 6.24. The number of nitrogens with zero attached hydrogens (tertiary/aromatic N) is 1. The number of hydrogen-bond donors (Lipinski definition) is 1. The summed E-state index contributed by atoms with van der Waals surface area (Å²) in [5.74, 6) is -0.933. The minimum absolute atomic E-state index is 0.0204. The smallest absolute Gasteiger partial charge is 0.378 e. The predicted octanol–water partition coefficient (Wildman–Crippen LogP) is 5.78. The van der Waals surface area contributed by atoms with Crippen LogP contribution in [0.1, 0.15) is 11.1 Å². The molecular weight excluding hydrogens is 537 g/mol. The maximum atomic E-state index is 12.9. The molecular formula is C23H14BrF3N2O4S. The van der Waals surface area contributed by atoms with E-state index < -0.39 is 27.8 Å². The Morgan fingerprint density at radius 2 is 1.74 bits per heavy atom. The van der Waals surface area contributed by atoms with Gasteiger partial charge in [-0.3, -0.25) is 4.79 Å². The molecule has 0 radical (unpaired) electrons. The van der Waals surface area contributed by atoms with Gasteiger partial charge >= 0.3 is 16.3 Å². The standard InChI is InChI=1S/C23H14BrF3N2O4S/c24-20-12-15(9-10-21(20)33-34(31,32)19-7-2-1-3-8-19)11-16(14-28)22(30)29-18-6-4-5-17(13-18)23(25,26)27/h1-13H,(H,29,30)/b16-11+. The van der Waals surface area contributed by atoms with Gasteiger partial charge in [-0.25, -0.2) is 0 Å². The molecule has 3 aromatic rings. The van der Waals surface area contributed by atoms with Crippen molar-refractivity contribution in [2.75, 3.05) is 5.32 Å². The summed E-state index contributed by atoms with van der Waals surface area (Å²) in [5, 5.41) is 11.6. The first kappa shape index (κ1) is 25.0. The molecule has 0 spiro atoms. The van der Waals surface area contributed by atoms with Crippen molar-refractivity contribution in [3.63, 3.8) is 0 Å². The maximum absolute atomic E-state index is 12.9. The normalized spacial score (nSPS) is 12.0. The number of rotatable bonds is 6. The van der Waals surface area contributed by atoms with Gasteiger partial charge in [-0.1, -0.05) is 30.3 Å². The number of alkyl halides is 3. The SMILES string of the molecule is N#C/C(=C\c1ccc(OS(=O)(=O)c2ccccc2)c(Br)c1)C(=O)Nc1cccc(C(F)(F)F)c1. The molecule has 0 heterocycles. The lowest BCUT2D eigenvalue weighted by molar-refractivity contribution is -0.137. The molecule has 11 heteroatoms. The topological polar surface area (TPSA) is 96.3 Å². The fourth-order valence-corrected chi connectivity index (χ4v) is 4.27. The first-order chi connectivity index (χ1) is 16.0. The summed E-state index contributed by atoms with van der Waals surface area (Å²) in [7, 11) is -4.08. The van der Waals surface area contributed by atoms with Gasteiger partial charge in [0.15, 0.2) is 5.75 Å². The minimum atomic E-state index is -4.58. The van der Waals surface area contributed by atoms with E-state index in [1.807, 2.05) is 0 Å². The molecule has 1 amide bonds. The van der Waals surface area contributed by atoms with Gasteiger partial charge in [-0.2, -0.15) is 26.9 Å². The van der Waals surface area contributed by atoms with Gasteiger partial charge in [-0.15, -0.1) is 0 Å². The highest BCUT2D eigenvalue weighted by Gasteiger charge is 2.30. The zero-order chi connectivity index (χ0) is 24.9. The van der Waals surface area contributed by atoms with Gasteiger partial charge in [0, 0.05) is 5.69 Å². The Morgan fingerprint density at radius 3 is 2.35 bits per heavy atom. The van der Waals surface area contributed by atoms with Gasteiger partial charge in [0.2, 0.25) is 0 Å². The predicted molar refractivity (Wildman–Crippen MR) is 122 cm³/mol. The van der Waals surface area contributed by atoms with Crippen molar-refractivity contribution in [1.29, 1.82) is 5.26 Å². The Labute approximate surface area is 201 Å². The average Bonchev–Trinajstić information content (AvgIpc) is 2.79. The van der Waals surface area contributed by atoms with E-state index in [4.69, 9.17) is 4.18 Å². The number of benzene rings is 3. The molecule has 6 nitrogen and oxygen atoms in total. The second kappa shape index (κ2) is 10.1. The van der Waals surface area contributed by atoms with E-state index in [1.165, 1.54) is 42.5 Å². The average molecular weight is 551 g/mol. The number of carbonyl (C=O) groups is 1. The van der Waals surface area contributed by atoms with Gasteiger partial charge in [0.1, 0.15) is 16.5 Å². The van der Waals surface area contributed by atoms with Crippen LogP contribution in [0, 0.1) is 11.3 Å². The second-order valence-electron chi connectivity index (χ2n) is 6.74.